The van der Waals surface area contributed by atoms with Crippen LogP contribution in [0.4, 0.5) is 0 Å². The molecule has 0 atom stereocenters. The van der Waals surface area contributed by atoms with Crippen LogP contribution in [0.15, 0.2) is 57.8 Å². The van der Waals surface area contributed by atoms with E-state index in [9.17, 15) is 4.79 Å². The predicted octanol–water partition coefficient (Wildman–Crippen LogP) is 3.28. The number of rotatable bonds is 7. The molecular formula is C20H18N4O4. The van der Waals surface area contributed by atoms with E-state index in [2.05, 4.69) is 20.4 Å². The predicted molar refractivity (Wildman–Crippen MR) is 99.6 cm³/mol. The fourth-order valence-electron chi connectivity index (χ4n) is 2.68. The number of para-hydroxylation sites is 1. The summed E-state index contributed by atoms with van der Waals surface area (Å²) in [7, 11) is 0. The van der Waals surface area contributed by atoms with Crippen LogP contribution in [0.25, 0.3) is 10.9 Å². The van der Waals surface area contributed by atoms with Gasteiger partial charge < -0.3 is 19.0 Å². The van der Waals surface area contributed by atoms with Crippen molar-refractivity contribution in [2.75, 3.05) is 0 Å². The van der Waals surface area contributed by atoms with E-state index in [-0.39, 0.29) is 24.8 Å². The molecule has 1 amide bonds. The highest BCUT2D eigenvalue weighted by atomic mass is 16.5. The van der Waals surface area contributed by atoms with Crippen molar-refractivity contribution in [3.8, 4) is 5.75 Å². The summed E-state index contributed by atoms with van der Waals surface area (Å²) in [6, 6.07) is 11.3. The van der Waals surface area contributed by atoms with Gasteiger partial charge in [-0.25, -0.2) is 4.98 Å². The first-order valence-electron chi connectivity index (χ1n) is 8.86. The Morgan fingerprint density at radius 3 is 3.00 bits per heavy atom. The fraction of sp³-hybridized carbons (Fsp3) is 0.200. The summed E-state index contributed by atoms with van der Waals surface area (Å²) in [5.74, 6) is 1.14. The van der Waals surface area contributed by atoms with Crippen molar-refractivity contribution in [3.63, 3.8) is 0 Å². The van der Waals surface area contributed by atoms with Gasteiger partial charge in [0.1, 0.15) is 17.5 Å². The number of amides is 1. The van der Waals surface area contributed by atoms with Crippen LogP contribution in [0.3, 0.4) is 0 Å². The number of carbonyl (C=O) groups excluding carboxylic acids is 1. The summed E-state index contributed by atoms with van der Waals surface area (Å²) in [6.45, 7) is 2.30. The number of oxazole rings is 1. The maximum absolute atomic E-state index is 12.2. The van der Waals surface area contributed by atoms with E-state index in [0.29, 0.717) is 17.4 Å². The molecule has 8 nitrogen and oxygen atoms in total. The van der Waals surface area contributed by atoms with Crippen molar-refractivity contribution in [2.24, 2.45) is 0 Å². The number of nitrogens with zero attached hydrogens (tertiary/aromatic N) is 3. The summed E-state index contributed by atoms with van der Waals surface area (Å²) in [4.78, 5) is 20.7. The Labute approximate surface area is 160 Å². The van der Waals surface area contributed by atoms with Gasteiger partial charge in [0, 0.05) is 17.6 Å². The van der Waals surface area contributed by atoms with E-state index in [1.807, 2.05) is 37.3 Å². The molecule has 0 fully saturated rings. The van der Waals surface area contributed by atoms with Gasteiger partial charge in [-0.3, -0.25) is 9.78 Å². The Hall–Kier alpha value is -3.68. The molecule has 3 aromatic heterocycles. The first kappa shape index (κ1) is 17.7. The van der Waals surface area contributed by atoms with Gasteiger partial charge in [0.15, 0.2) is 18.1 Å². The molecule has 0 aliphatic carbocycles. The highest BCUT2D eigenvalue weighted by molar-refractivity contribution is 5.91. The first-order chi connectivity index (χ1) is 13.7. The van der Waals surface area contributed by atoms with Gasteiger partial charge in [-0.05, 0) is 18.6 Å². The van der Waals surface area contributed by atoms with Crippen molar-refractivity contribution in [3.05, 3.63) is 71.9 Å². The molecule has 0 saturated heterocycles. The van der Waals surface area contributed by atoms with E-state index in [1.54, 1.807) is 12.3 Å². The average molecular weight is 378 g/mol. The third-order valence-electron chi connectivity index (χ3n) is 4.12. The van der Waals surface area contributed by atoms with Crippen LogP contribution in [0.2, 0.25) is 0 Å². The summed E-state index contributed by atoms with van der Waals surface area (Å²) in [5.41, 5.74) is 1.77. The van der Waals surface area contributed by atoms with Crippen LogP contribution >= 0.6 is 0 Å². The number of ether oxygens (including phenoxy) is 1. The second kappa shape index (κ2) is 7.91. The molecular weight excluding hydrogens is 360 g/mol. The Kier molecular flexibility index (Phi) is 5.01. The van der Waals surface area contributed by atoms with E-state index in [4.69, 9.17) is 13.7 Å². The van der Waals surface area contributed by atoms with Gasteiger partial charge in [-0.15, -0.1) is 0 Å². The summed E-state index contributed by atoms with van der Waals surface area (Å²) < 4.78 is 16.2. The van der Waals surface area contributed by atoms with Crippen molar-refractivity contribution >= 4 is 16.8 Å². The number of aromatic nitrogens is 3. The van der Waals surface area contributed by atoms with Crippen molar-refractivity contribution in [1.29, 1.82) is 0 Å². The van der Waals surface area contributed by atoms with Gasteiger partial charge in [-0.1, -0.05) is 30.3 Å². The van der Waals surface area contributed by atoms with Crippen LogP contribution in [0.5, 0.6) is 5.75 Å². The standard InChI is InChI=1S/C20H18N4O4/c1-2-14-9-15(28-24-14)10-22-20(25)16-11-27-18(23-16)12-26-17-7-3-5-13-6-4-8-21-19(13)17/h3-9,11H,2,10,12H2,1H3,(H,22,25). The molecule has 28 heavy (non-hydrogen) atoms. The molecule has 0 aliphatic heterocycles. The lowest BCUT2D eigenvalue weighted by Crippen LogP contribution is -2.23. The number of carbonyl (C=O) groups is 1. The molecule has 4 rings (SSSR count). The number of hydrogen-bond donors (Lipinski definition) is 1. The second-order valence-corrected chi connectivity index (χ2v) is 6.07. The van der Waals surface area contributed by atoms with Crippen LogP contribution in [-0.2, 0) is 19.6 Å². The van der Waals surface area contributed by atoms with E-state index < -0.39 is 0 Å². The lowest BCUT2D eigenvalue weighted by molar-refractivity contribution is 0.0942. The van der Waals surface area contributed by atoms with E-state index >= 15 is 0 Å². The van der Waals surface area contributed by atoms with E-state index in [1.165, 1.54) is 6.26 Å². The van der Waals surface area contributed by atoms with E-state index in [0.717, 1.165) is 23.0 Å². The van der Waals surface area contributed by atoms with Crippen molar-refractivity contribution in [1.82, 2.24) is 20.4 Å². The van der Waals surface area contributed by atoms with Crippen LogP contribution < -0.4 is 10.1 Å². The molecule has 0 saturated carbocycles. The zero-order valence-corrected chi connectivity index (χ0v) is 15.2. The topological polar surface area (TPSA) is 103 Å². The van der Waals surface area contributed by atoms with Gasteiger partial charge in [0.05, 0.1) is 12.2 Å². The molecule has 8 heteroatoms. The normalized spacial score (nSPS) is 10.9. The molecule has 0 aliphatic rings. The highest BCUT2D eigenvalue weighted by Gasteiger charge is 2.14. The minimum absolute atomic E-state index is 0.0882. The summed E-state index contributed by atoms with van der Waals surface area (Å²) in [5, 5.41) is 7.58. The largest absolute Gasteiger partial charge is 0.482 e. The number of hydrogen-bond acceptors (Lipinski definition) is 7. The Morgan fingerprint density at radius 2 is 2.14 bits per heavy atom. The Bertz CT molecular complexity index is 1100. The number of benzene rings is 1. The molecule has 0 spiro atoms. The Balaban J connectivity index is 1.36. The number of fused-ring (bicyclic) bond motifs is 1. The third kappa shape index (κ3) is 3.85. The average Bonchev–Trinajstić information content (AvgIpc) is 3.40. The zero-order chi connectivity index (χ0) is 19.3. The highest BCUT2D eigenvalue weighted by Crippen LogP contribution is 2.23. The maximum atomic E-state index is 12.2. The molecule has 142 valence electrons. The molecule has 0 bridgehead atoms. The monoisotopic (exact) mass is 378 g/mol. The summed E-state index contributed by atoms with van der Waals surface area (Å²) >= 11 is 0. The second-order valence-electron chi connectivity index (χ2n) is 6.07. The van der Waals surface area contributed by atoms with Crippen LogP contribution in [0.1, 0.15) is 34.8 Å². The quantitative estimate of drug-likeness (QED) is 0.526. The van der Waals surface area contributed by atoms with Gasteiger partial charge in [-0.2, -0.15) is 0 Å². The lowest BCUT2D eigenvalue weighted by Gasteiger charge is -2.06. The van der Waals surface area contributed by atoms with Gasteiger partial charge >= 0.3 is 0 Å². The lowest BCUT2D eigenvalue weighted by atomic mass is 10.2. The molecule has 1 aromatic carbocycles. The van der Waals surface area contributed by atoms with Crippen LogP contribution in [-0.4, -0.2) is 21.0 Å². The van der Waals surface area contributed by atoms with Crippen molar-refractivity contribution in [2.45, 2.75) is 26.5 Å². The first-order valence-corrected chi connectivity index (χ1v) is 8.86. The van der Waals surface area contributed by atoms with Gasteiger partial charge in [0.25, 0.3) is 5.91 Å². The third-order valence-corrected chi connectivity index (χ3v) is 4.12. The Morgan fingerprint density at radius 1 is 1.25 bits per heavy atom. The molecule has 1 N–H and O–H groups in total. The minimum Gasteiger partial charge on any atom is -0.482 e. The SMILES string of the molecule is CCc1cc(CNC(=O)c2coc(COc3cccc4cccnc34)n2)on1. The molecule has 3 heterocycles. The smallest absolute Gasteiger partial charge is 0.273 e. The number of pyridine rings is 1. The van der Waals surface area contributed by atoms with Crippen LogP contribution in [0, 0.1) is 0 Å². The molecule has 0 radical (unpaired) electrons. The fourth-order valence-corrected chi connectivity index (χ4v) is 2.68. The van der Waals surface area contributed by atoms with Gasteiger partial charge in [0.2, 0.25) is 5.89 Å². The minimum atomic E-state index is -0.365. The molecule has 4 aromatic rings. The number of aryl methyl sites for hydroxylation is 1. The molecule has 0 unspecified atom stereocenters. The zero-order valence-electron chi connectivity index (χ0n) is 15.2. The summed E-state index contributed by atoms with van der Waals surface area (Å²) in [6.07, 6.45) is 3.78. The van der Waals surface area contributed by atoms with Crippen molar-refractivity contribution < 1.29 is 18.5 Å². The number of nitrogens with one attached hydrogen (secondary N) is 1. The maximum Gasteiger partial charge on any atom is 0.273 e.